The maximum atomic E-state index is 5.48. The fourth-order valence-corrected chi connectivity index (χ4v) is 1.61. The quantitative estimate of drug-likeness (QED) is 0.801. The van der Waals surface area contributed by atoms with Gasteiger partial charge in [0.2, 0.25) is 5.89 Å². The van der Waals surface area contributed by atoms with Gasteiger partial charge >= 0.3 is 5.95 Å². The Balaban J connectivity index is 2.21. The summed E-state index contributed by atoms with van der Waals surface area (Å²) in [6.45, 7) is 6.85. The molecule has 3 nitrogen and oxygen atoms in total. The number of ether oxygens (including phenoxy) is 1. The van der Waals surface area contributed by atoms with E-state index in [0.717, 1.165) is 5.56 Å². The Labute approximate surface area is 101 Å². The van der Waals surface area contributed by atoms with Crippen LogP contribution in [0.2, 0.25) is 0 Å². The van der Waals surface area contributed by atoms with E-state index >= 15 is 0 Å². The van der Waals surface area contributed by atoms with Gasteiger partial charge in [-0.2, -0.15) is 0 Å². The molecule has 0 aliphatic carbocycles. The van der Waals surface area contributed by atoms with Crippen molar-refractivity contribution >= 4 is 0 Å². The van der Waals surface area contributed by atoms with Crippen LogP contribution in [0.15, 0.2) is 34.9 Å². The number of oxazole rings is 1. The second-order valence-electron chi connectivity index (χ2n) is 4.19. The third-order valence-electron chi connectivity index (χ3n) is 2.60. The summed E-state index contributed by atoms with van der Waals surface area (Å²) in [4.78, 5) is 4.19. The van der Waals surface area contributed by atoms with E-state index in [1.165, 1.54) is 5.56 Å². The molecule has 1 aromatic heterocycles. The summed E-state index contributed by atoms with van der Waals surface area (Å²) in [5.41, 5.74) is 2.28. The average Bonchev–Trinajstić information content (AvgIpc) is 2.78. The lowest BCUT2D eigenvalue weighted by Gasteiger charge is -2.04. The Kier molecular flexibility index (Phi) is 3.47. The van der Waals surface area contributed by atoms with Gasteiger partial charge in [0, 0.05) is 5.56 Å². The zero-order valence-electron chi connectivity index (χ0n) is 10.4. The van der Waals surface area contributed by atoms with E-state index in [1.54, 1.807) is 6.20 Å². The van der Waals surface area contributed by atoms with E-state index in [1.807, 2.05) is 19.1 Å². The molecule has 0 unspecified atom stereocenters. The van der Waals surface area contributed by atoms with Crippen molar-refractivity contribution < 1.29 is 9.15 Å². The minimum absolute atomic E-state index is 0.468. The van der Waals surface area contributed by atoms with Gasteiger partial charge in [-0.25, -0.2) is 4.98 Å². The third kappa shape index (κ3) is 2.67. The molecule has 1 heterocycles. The first kappa shape index (κ1) is 11.7. The van der Waals surface area contributed by atoms with E-state index in [9.17, 15) is 0 Å². The SMILES string of the molecule is CCOc1cnc(-c2ccc(C(C)C)cc2)o1. The normalized spacial score (nSPS) is 10.8. The predicted molar refractivity (Wildman–Crippen MR) is 67.2 cm³/mol. The lowest BCUT2D eigenvalue weighted by atomic mass is 10.0. The molecule has 3 heteroatoms. The van der Waals surface area contributed by atoms with Crippen LogP contribution in [0.25, 0.3) is 11.5 Å². The van der Waals surface area contributed by atoms with Crippen molar-refractivity contribution in [1.82, 2.24) is 4.98 Å². The predicted octanol–water partition coefficient (Wildman–Crippen LogP) is 3.86. The average molecular weight is 231 g/mol. The summed E-state index contributed by atoms with van der Waals surface area (Å²) in [6, 6.07) is 8.25. The van der Waals surface area contributed by atoms with Crippen LogP contribution in [0.3, 0.4) is 0 Å². The molecule has 0 saturated heterocycles. The molecule has 1 aromatic carbocycles. The monoisotopic (exact) mass is 231 g/mol. The Morgan fingerprint density at radius 3 is 2.53 bits per heavy atom. The van der Waals surface area contributed by atoms with Gasteiger partial charge in [0.25, 0.3) is 0 Å². The molecule has 17 heavy (non-hydrogen) atoms. The lowest BCUT2D eigenvalue weighted by Crippen LogP contribution is -1.88. The first-order valence-electron chi connectivity index (χ1n) is 5.89. The molecular weight excluding hydrogens is 214 g/mol. The van der Waals surface area contributed by atoms with Crippen LogP contribution in [0, 0.1) is 0 Å². The van der Waals surface area contributed by atoms with Gasteiger partial charge in [-0.15, -0.1) is 0 Å². The van der Waals surface area contributed by atoms with Crippen molar-refractivity contribution in [2.75, 3.05) is 6.61 Å². The van der Waals surface area contributed by atoms with Crippen LogP contribution in [-0.4, -0.2) is 11.6 Å². The minimum Gasteiger partial charge on any atom is -0.464 e. The summed E-state index contributed by atoms with van der Waals surface area (Å²) in [6.07, 6.45) is 1.61. The van der Waals surface area contributed by atoms with Gasteiger partial charge in [0.15, 0.2) is 0 Å². The highest BCUT2D eigenvalue weighted by molar-refractivity contribution is 5.54. The largest absolute Gasteiger partial charge is 0.464 e. The first-order valence-corrected chi connectivity index (χ1v) is 5.89. The van der Waals surface area contributed by atoms with E-state index < -0.39 is 0 Å². The fourth-order valence-electron chi connectivity index (χ4n) is 1.61. The molecule has 0 spiro atoms. The minimum atomic E-state index is 0.468. The maximum Gasteiger partial charge on any atom is 0.305 e. The zero-order valence-corrected chi connectivity index (χ0v) is 10.4. The Morgan fingerprint density at radius 2 is 1.94 bits per heavy atom. The number of benzene rings is 1. The third-order valence-corrected chi connectivity index (χ3v) is 2.60. The van der Waals surface area contributed by atoms with Crippen LogP contribution in [-0.2, 0) is 0 Å². The van der Waals surface area contributed by atoms with Gasteiger partial charge in [0.1, 0.15) is 6.20 Å². The van der Waals surface area contributed by atoms with Gasteiger partial charge in [0.05, 0.1) is 6.61 Å². The van der Waals surface area contributed by atoms with E-state index in [0.29, 0.717) is 24.4 Å². The van der Waals surface area contributed by atoms with Gasteiger partial charge in [-0.05, 0) is 30.5 Å². The van der Waals surface area contributed by atoms with Crippen molar-refractivity contribution in [3.8, 4) is 17.4 Å². The van der Waals surface area contributed by atoms with E-state index in [4.69, 9.17) is 9.15 Å². The van der Waals surface area contributed by atoms with Crippen LogP contribution < -0.4 is 4.74 Å². The molecule has 0 aliphatic heterocycles. The van der Waals surface area contributed by atoms with Crippen LogP contribution >= 0.6 is 0 Å². The molecule has 90 valence electrons. The van der Waals surface area contributed by atoms with Gasteiger partial charge in [-0.1, -0.05) is 26.0 Å². The molecule has 2 aromatic rings. The Bertz CT molecular complexity index is 471. The smallest absolute Gasteiger partial charge is 0.305 e. The Hall–Kier alpha value is -1.77. The number of hydrogen-bond acceptors (Lipinski definition) is 3. The highest BCUT2D eigenvalue weighted by Crippen LogP contribution is 2.24. The first-order chi connectivity index (χ1) is 8.20. The van der Waals surface area contributed by atoms with Crippen molar-refractivity contribution in [1.29, 1.82) is 0 Å². The summed E-state index contributed by atoms with van der Waals surface area (Å²) < 4.78 is 10.7. The number of aromatic nitrogens is 1. The Morgan fingerprint density at radius 1 is 1.24 bits per heavy atom. The molecule has 0 aliphatic rings. The zero-order chi connectivity index (χ0) is 12.3. The van der Waals surface area contributed by atoms with Gasteiger partial charge < -0.3 is 9.15 Å². The van der Waals surface area contributed by atoms with Crippen LogP contribution in [0.5, 0.6) is 5.95 Å². The standard InChI is InChI=1S/C14H17NO2/c1-4-16-13-9-15-14(17-13)12-7-5-11(6-8-12)10(2)3/h5-10H,4H2,1-3H3. The second-order valence-corrected chi connectivity index (χ2v) is 4.19. The molecule has 2 rings (SSSR count). The molecule has 0 atom stereocenters. The molecule has 0 radical (unpaired) electrons. The molecule has 0 bridgehead atoms. The van der Waals surface area contributed by atoms with Crippen LogP contribution in [0.1, 0.15) is 32.3 Å². The topological polar surface area (TPSA) is 35.3 Å². The molecule has 0 amide bonds. The summed E-state index contributed by atoms with van der Waals surface area (Å²) in [7, 11) is 0. The second kappa shape index (κ2) is 5.04. The number of nitrogens with zero attached hydrogens (tertiary/aromatic N) is 1. The lowest BCUT2D eigenvalue weighted by molar-refractivity contribution is 0.260. The summed E-state index contributed by atoms with van der Waals surface area (Å²) >= 11 is 0. The van der Waals surface area contributed by atoms with E-state index in [2.05, 4.69) is 31.0 Å². The summed E-state index contributed by atoms with van der Waals surface area (Å²) in [5.74, 6) is 1.60. The fraction of sp³-hybridized carbons (Fsp3) is 0.357. The highest BCUT2D eigenvalue weighted by Gasteiger charge is 2.07. The number of rotatable bonds is 4. The molecule has 0 fully saturated rings. The molecule has 0 N–H and O–H groups in total. The van der Waals surface area contributed by atoms with E-state index in [-0.39, 0.29) is 0 Å². The summed E-state index contributed by atoms with van der Waals surface area (Å²) in [5, 5.41) is 0. The van der Waals surface area contributed by atoms with Crippen molar-refractivity contribution in [3.63, 3.8) is 0 Å². The molecular formula is C14H17NO2. The highest BCUT2D eigenvalue weighted by atomic mass is 16.6. The van der Waals surface area contributed by atoms with Crippen molar-refractivity contribution in [2.45, 2.75) is 26.7 Å². The van der Waals surface area contributed by atoms with Crippen molar-refractivity contribution in [2.24, 2.45) is 0 Å². The van der Waals surface area contributed by atoms with Crippen LogP contribution in [0.4, 0.5) is 0 Å². The maximum absolute atomic E-state index is 5.48. The van der Waals surface area contributed by atoms with Crippen molar-refractivity contribution in [3.05, 3.63) is 36.0 Å². The van der Waals surface area contributed by atoms with Gasteiger partial charge in [-0.3, -0.25) is 0 Å². The number of hydrogen-bond donors (Lipinski definition) is 0. The molecule has 0 saturated carbocycles.